The Hall–Kier alpha value is -2.08. The summed E-state index contributed by atoms with van der Waals surface area (Å²) in [5.41, 5.74) is 1.19. The summed E-state index contributed by atoms with van der Waals surface area (Å²) in [7, 11) is 0. The number of nitrogens with zero attached hydrogens (tertiary/aromatic N) is 3. The molecule has 6 heteroatoms. The van der Waals surface area contributed by atoms with Crippen molar-refractivity contribution in [2.45, 2.75) is 31.8 Å². The van der Waals surface area contributed by atoms with Gasteiger partial charge in [-0.15, -0.1) is 0 Å². The first-order chi connectivity index (χ1) is 10.1. The van der Waals surface area contributed by atoms with E-state index < -0.39 is 11.5 Å². The average molecular weight is 289 g/mol. The highest BCUT2D eigenvalue weighted by Gasteiger charge is 2.44. The number of carboxylic acid groups (broad SMARTS) is 1. The van der Waals surface area contributed by atoms with Gasteiger partial charge in [0.15, 0.2) is 5.54 Å². The van der Waals surface area contributed by atoms with E-state index in [1.54, 1.807) is 23.4 Å². The molecular formula is C15H19N3O3. The highest BCUT2D eigenvalue weighted by atomic mass is 16.4. The summed E-state index contributed by atoms with van der Waals surface area (Å²) >= 11 is 0. The zero-order chi connectivity index (χ0) is 14.9. The molecule has 0 saturated carbocycles. The maximum atomic E-state index is 11.8. The van der Waals surface area contributed by atoms with E-state index in [0.717, 1.165) is 30.8 Å². The molecule has 3 heterocycles. The predicted octanol–water partition coefficient (Wildman–Crippen LogP) is 1.86. The van der Waals surface area contributed by atoms with Crippen molar-refractivity contribution in [3.8, 4) is 0 Å². The Bertz CT molecular complexity index is 610. The number of piperidine rings is 1. The second kappa shape index (κ2) is 5.37. The molecule has 3 rings (SSSR count). The average Bonchev–Trinajstić information content (AvgIpc) is 3.11. The van der Waals surface area contributed by atoms with Crippen LogP contribution in [0.2, 0.25) is 0 Å². The standard InChI is InChI=1S/C15H19N3O3/c1-12-8-16-18(9-12)15(14(19)20)3-5-17(6-4-15)10-13-2-7-21-11-13/h2,7-9,11H,3-6,10H2,1H3,(H,19,20). The highest BCUT2D eigenvalue weighted by molar-refractivity contribution is 5.76. The summed E-state index contributed by atoms with van der Waals surface area (Å²) in [4.78, 5) is 14.1. The van der Waals surface area contributed by atoms with Crippen LogP contribution in [0.5, 0.6) is 0 Å². The Balaban J connectivity index is 1.73. The number of aliphatic carboxylic acids is 1. The van der Waals surface area contributed by atoms with Crippen LogP contribution in [-0.2, 0) is 16.9 Å². The number of aromatic nitrogens is 2. The molecule has 112 valence electrons. The molecule has 0 radical (unpaired) electrons. The normalized spacial score (nSPS) is 18.7. The topological polar surface area (TPSA) is 71.5 Å². The summed E-state index contributed by atoms with van der Waals surface area (Å²) in [5, 5.41) is 13.9. The van der Waals surface area contributed by atoms with Gasteiger partial charge in [-0.2, -0.15) is 5.10 Å². The smallest absolute Gasteiger partial charge is 0.331 e. The molecule has 0 aromatic carbocycles. The summed E-state index contributed by atoms with van der Waals surface area (Å²) in [6.07, 6.45) is 8.04. The monoisotopic (exact) mass is 289 g/mol. The highest BCUT2D eigenvalue weighted by Crippen LogP contribution is 2.31. The SMILES string of the molecule is Cc1cnn(C2(C(=O)O)CCN(Cc3ccoc3)CC2)c1. The third kappa shape index (κ3) is 2.58. The number of likely N-dealkylation sites (tertiary alicyclic amines) is 1. The number of furan rings is 1. The van der Waals surface area contributed by atoms with Crippen LogP contribution in [0, 0.1) is 6.92 Å². The third-order valence-electron chi connectivity index (χ3n) is 4.22. The van der Waals surface area contributed by atoms with Gasteiger partial charge in [0.1, 0.15) is 0 Å². The Morgan fingerprint density at radius 2 is 2.24 bits per heavy atom. The fraction of sp³-hybridized carbons (Fsp3) is 0.467. The lowest BCUT2D eigenvalue weighted by molar-refractivity contribution is -0.151. The third-order valence-corrected chi connectivity index (χ3v) is 4.22. The maximum absolute atomic E-state index is 11.8. The number of hydrogen-bond donors (Lipinski definition) is 1. The molecule has 1 aliphatic heterocycles. The van der Waals surface area contributed by atoms with Crippen molar-refractivity contribution in [2.75, 3.05) is 13.1 Å². The van der Waals surface area contributed by atoms with Crippen molar-refractivity contribution in [2.24, 2.45) is 0 Å². The summed E-state index contributed by atoms with van der Waals surface area (Å²) in [6, 6.07) is 1.94. The van der Waals surface area contributed by atoms with Crippen molar-refractivity contribution >= 4 is 5.97 Å². The van der Waals surface area contributed by atoms with Crippen LogP contribution in [0.15, 0.2) is 35.4 Å². The lowest BCUT2D eigenvalue weighted by atomic mass is 9.87. The van der Waals surface area contributed by atoms with E-state index in [0.29, 0.717) is 12.8 Å². The van der Waals surface area contributed by atoms with Crippen LogP contribution in [0.3, 0.4) is 0 Å². The Labute approximate surface area is 123 Å². The molecule has 1 saturated heterocycles. The lowest BCUT2D eigenvalue weighted by Crippen LogP contribution is -2.51. The fourth-order valence-corrected chi connectivity index (χ4v) is 2.91. The van der Waals surface area contributed by atoms with Gasteiger partial charge < -0.3 is 9.52 Å². The molecule has 21 heavy (non-hydrogen) atoms. The summed E-state index contributed by atoms with van der Waals surface area (Å²) in [5.74, 6) is -0.798. The van der Waals surface area contributed by atoms with E-state index >= 15 is 0 Å². The van der Waals surface area contributed by atoms with Crippen LogP contribution in [0.4, 0.5) is 0 Å². The maximum Gasteiger partial charge on any atom is 0.331 e. The van der Waals surface area contributed by atoms with Gasteiger partial charge in [0.2, 0.25) is 0 Å². The van der Waals surface area contributed by atoms with E-state index in [4.69, 9.17) is 4.42 Å². The minimum absolute atomic E-state index is 0.557. The van der Waals surface area contributed by atoms with Crippen LogP contribution in [0.1, 0.15) is 24.0 Å². The molecule has 2 aromatic heterocycles. The second-order valence-electron chi connectivity index (χ2n) is 5.71. The first kappa shape index (κ1) is 13.9. The zero-order valence-corrected chi connectivity index (χ0v) is 12.0. The van der Waals surface area contributed by atoms with Crippen LogP contribution in [-0.4, -0.2) is 38.8 Å². The Morgan fingerprint density at radius 3 is 2.76 bits per heavy atom. The molecule has 2 aromatic rings. The van der Waals surface area contributed by atoms with Crippen LogP contribution < -0.4 is 0 Å². The second-order valence-corrected chi connectivity index (χ2v) is 5.71. The van der Waals surface area contributed by atoms with Gasteiger partial charge in [-0.05, 0) is 31.4 Å². The van der Waals surface area contributed by atoms with Gasteiger partial charge in [0.05, 0.1) is 18.7 Å². The van der Waals surface area contributed by atoms with Gasteiger partial charge in [0.25, 0.3) is 0 Å². The Morgan fingerprint density at radius 1 is 1.48 bits per heavy atom. The van der Waals surface area contributed by atoms with E-state index in [2.05, 4.69) is 10.00 Å². The van der Waals surface area contributed by atoms with E-state index in [-0.39, 0.29) is 0 Å². The van der Waals surface area contributed by atoms with Crippen molar-refractivity contribution in [1.82, 2.24) is 14.7 Å². The van der Waals surface area contributed by atoms with Gasteiger partial charge in [-0.3, -0.25) is 9.58 Å². The predicted molar refractivity (Wildman–Crippen MR) is 75.8 cm³/mol. The molecule has 0 bridgehead atoms. The van der Waals surface area contributed by atoms with Gasteiger partial charge in [-0.25, -0.2) is 4.79 Å². The molecule has 1 aliphatic rings. The lowest BCUT2D eigenvalue weighted by Gasteiger charge is -2.38. The molecule has 0 aliphatic carbocycles. The first-order valence-electron chi connectivity index (χ1n) is 7.09. The van der Waals surface area contributed by atoms with Crippen LogP contribution in [0.25, 0.3) is 0 Å². The van der Waals surface area contributed by atoms with Gasteiger partial charge in [-0.1, -0.05) is 0 Å². The van der Waals surface area contributed by atoms with Crippen molar-refractivity contribution in [1.29, 1.82) is 0 Å². The fourth-order valence-electron chi connectivity index (χ4n) is 2.91. The minimum Gasteiger partial charge on any atom is -0.479 e. The molecule has 0 amide bonds. The zero-order valence-electron chi connectivity index (χ0n) is 12.0. The number of rotatable bonds is 4. The molecule has 0 atom stereocenters. The molecule has 1 N–H and O–H groups in total. The molecule has 1 fully saturated rings. The number of carbonyl (C=O) groups is 1. The van der Waals surface area contributed by atoms with Gasteiger partial charge >= 0.3 is 5.97 Å². The largest absolute Gasteiger partial charge is 0.479 e. The van der Waals surface area contributed by atoms with Crippen LogP contribution >= 0.6 is 0 Å². The van der Waals surface area contributed by atoms with Crippen molar-refractivity contribution in [3.63, 3.8) is 0 Å². The van der Waals surface area contributed by atoms with Crippen molar-refractivity contribution < 1.29 is 14.3 Å². The van der Waals surface area contributed by atoms with E-state index in [1.165, 1.54) is 0 Å². The minimum atomic E-state index is -0.916. The van der Waals surface area contributed by atoms with Crippen molar-refractivity contribution in [3.05, 3.63) is 42.1 Å². The summed E-state index contributed by atoms with van der Waals surface area (Å²) in [6.45, 7) is 4.18. The number of carboxylic acids is 1. The quantitative estimate of drug-likeness (QED) is 0.930. The van der Waals surface area contributed by atoms with Gasteiger partial charge in [0, 0.05) is 31.4 Å². The molecule has 0 spiro atoms. The van der Waals surface area contributed by atoms with E-state index in [1.807, 2.05) is 19.2 Å². The first-order valence-corrected chi connectivity index (χ1v) is 7.09. The number of aryl methyl sites for hydroxylation is 1. The molecule has 0 unspecified atom stereocenters. The Kier molecular flexibility index (Phi) is 3.55. The molecular weight excluding hydrogens is 270 g/mol. The number of hydrogen-bond acceptors (Lipinski definition) is 4. The summed E-state index contributed by atoms with van der Waals surface area (Å²) < 4.78 is 6.70. The van der Waals surface area contributed by atoms with E-state index in [9.17, 15) is 9.90 Å². The molecule has 6 nitrogen and oxygen atoms in total.